The molecular weight excluding hydrogens is 248 g/mol. The number of carbonyl (C=O) groups is 2. The number of amides is 1. The molecular formula is C13H16N2O4. The quantitative estimate of drug-likeness (QED) is 0.835. The fraction of sp³-hybridized carbons (Fsp3) is 0.462. The number of carbonyl (C=O) groups excluding carboxylic acids is 1. The zero-order valence-corrected chi connectivity index (χ0v) is 10.6. The van der Waals surface area contributed by atoms with Crippen LogP contribution in [-0.2, 0) is 0 Å². The van der Waals surface area contributed by atoms with Crippen molar-refractivity contribution in [3.63, 3.8) is 0 Å². The highest BCUT2D eigenvalue weighted by Gasteiger charge is 2.29. The van der Waals surface area contributed by atoms with Crippen molar-refractivity contribution in [3.05, 3.63) is 29.6 Å². The van der Waals surface area contributed by atoms with Crippen molar-refractivity contribution >= 4 is 11.9 Å². The summed E-state index contributed by atoms with van der Waals surface area (Å²) in [4.78, 5) is 28.3. The molecule has 0 radical (unpaired) electrons. The van der Waals surface area contributed by atoms with Crippen LogP contribution in [0.3, 0.4) is 0 Å². The molecule has 2 N–H and O–H groups in total. The minimum atomic E-state index is -1.15. The number of aliphatic hydroxyl groups is 1. The molecule has 6 heteroatoms. The van der Waals surface area contributed by atoms with Gasteiger partial charge in [0.15, 0.2) is 0 Å². The fourth-order valence-electron chi connectivity index (χ4n) is 2.23. The monoisotopic (exact) mass is 264 g/mol. The molecule has 1 fully saturated rings. The number of aliphatic hydroxyl groups excluding tert-OH is 1. The first-order valence-corrected chi connectivity index (χ1v) is 6.15. The van der Waals surface area contributed by atoms with Gasteiger partial charge in [-0.15, -0.1) is 0 Å². The van der Waals surface area contributed by atoms with E-state index >= 15 is 0 Å². The summed E-state index contributed by atoms with van der Waals surface area (Å²) in [7, 11) is 0. The summed E-state index contributed by atoms with van der Waals surface area (Å²) in [5, 5.41) is 18.4. The predicted octanol–water partition coefficient (Wildman–Crippen LogP) is 0.623. The first-order chi connectivity index (χ1) is 8.99. The van der Waals surface area contributed by atoms with Crippen LogP contribution in [-0.4, -0.2) is 51.2 Å². The molecule has 19 heavy (non-hydrogen) atoms. The van der Waals surface area contributed by atoms with Crippen LogP contribution in [0.1, 0.15) is 34.2 Å². The van der Waals surface area contributed by atoms with Crippen molar-refractivity contribution in [3.8, 4) is 0 Å². The number of nitrogens with zero attached hydrogens (tertiary/aromatic N) is 2. The van der Waals surface area contributed by atoms with Crippen LogP contribution in [0, 0.1) is 5.92 Å². The molecule has 6 nitrogen and oxygen atoms in total. The highest BCUT2D eigenvalue weighted by molar-refractivity contribution is 5.96. The Morgan fingerprint density at radius 3 is 2.84 bits per heavy atom. The molecule has 0 saturated carbocycles. The Hall–Kier alpha value is -1.95. The number of likely N-dealkylation sites (tertiary alicyclic amines) is 1. The third kappa shape index (κ3) is 2.90. The molecule has 1 amide bonds. The average Bonchev–Trinajstić information content (AvgIpc) is 2.87. The molecule has 2 rings (SSSR count). The SMILES string of the molecule is CC(O)C1CCN(C(=O)c2ccnc(C(=O)O)c2)C1. The second-order valence-corrected chi connectivity index (χ2v) is 4.78. The second kappa shape index (κ2) is 5.36. The number of carboxylic acids is 1. The topological polar surface area (TPSA) is 90.7 Å². The molecule has 0 aliphatic carbocycles. The van der Waals surface area contributed by atoms with Gasteiger partial charge in [0.25, 0.3) is 5.91 Å². The van der Waals surface area contributed by atoms with Gasteiger partial charge in [0.1, 0.15) is 5.69 Å². The van der Waals surface area contributed by atoms with Gasteiger partial charge in [-0.2, -0.15) is 0 Å². The minimum absolute atomic E-state index is 0.0877. The van der Waals surface area contributed by atoms with E-state index in [1.54, 1.807) is 11.8 Å². The van der Waals surface area contributed by atoms with E-state index in [4.69, 9.17) is 5.11 Å². The van der Waals surface area contributed by atoms with Crippen LogP contribution in [0.15, 0.2) is 18.3 Å². The Morgan fingerprint density at radius 2 is 2.26 bits per heavy atom. The third-order valence-corrected chi connectivity index (χ3v) is 3.42. The number of hydrogen-bond donors (Lipinski definition) is 2. The zero-order valence-electron chi connectivity index (χ0n) is 10.6. The van der Waals surface area contributed by atoms with Crippen LogP contribution in [0.2, 0.25) is 0 Å². The molecule has 2 atom stereocenters. The largest absolute Gasteiger partial charge is 0.477 e. The van der Waals surface area contributed by atoms with E-state index in [1.807, 2.05) is 0 Å². The van der Waals surface area contributed by atoms with Crippen LogP contribution < -0.4 is 0 Å². The third-order valence-electron chi connectivity index (χ3n) is 3.42. The lowest BCUT2D eigenvalue weighted by Crippen LogP contribution is -2.30. The lowest BCUT2D eigenvalue weighted by Gasteiger charge is -2.17. The van der Waals surface area contributed by atoms with Gasteiger partial charge in [0.2, 0.25) is 0 Å². The number of pyridine rings is 1. The van der Waals surface area contributed by atoms with Gasteiger partial charge in [-0.3, -0.25) is 4.79 Å². The number of carboxylic acid groups (broad SMARTS) is 1. The number of rotatable bonds is 3. The maximum atomic E-state index is 12.2. The first-order valence-electron chi connectivity index (χ1n) is 6.15. The number of aromatic carboxylic acids is 1. The molecule has 0 aromatic carbocycles. The van der Waals surface area contributed by atoms with Gasteiger partial charge in [-0.05, 0) is 25.5 Å². The summed E-state index contributed by atoms with van der Waals surface area (Å²) in [6, 6.07) is 2.78. The molecule has 0 bridgehead atoms. The van der Waals surface area contributed by atoms with E-state index in [1.165, 1.54) is 18.3 Å². The van der Waals surface area contributed by atoms with E-state index in [0.29, 0.717) is 18.7 Å². The lowest BCUT2D eigenvalue weighted by atomic mass is 10.0. The Kier molecular flexibility index (Phi) is 3.80. The van der Waals surface area contributed by atoms with Crippen LogP contribution >= 0.6 is 0 Å². The van der Waals surface area contributed by atoms with E-state index < -0.39 is 12.1 Å². The smallest absolute Gasteiger partial charge is 0.354 e. The molecule has 2 heterocycles. The number of hydrogen-bond acceptors (Lipinski definition) is 4. The fourth-order valence-corrected chi connectivity index (χ4v) is 2.23. The Balaban J connectivity index is 2.12. The predicted molar refractivity (Wildman–Crippen MR) is 66.9 cm³/mol. The highest BCUT2D eigenvalue weighted by Crippen LogP contribution is 2.21. The maximum Gasteiger partial charge on any atom is 0.354 e. The van der Waals surface area contributed by atoms with Crippen molar-refractivity contribution in [2.75, 3.05) is 13.1 Å². The Labute approximate surface area is 110 Å². The van der Waals surface area contributed by atoms with Crippen molar-refractivity contribution in [1.29, 1.82) is 0 Å². The molecule has 1 aliphatic rings. The van der Waals surface area contributed by atoms with Crippen molar-refractivity contribution in [2.45, 2.75) is 19.4 Å². The average molecular weight is 264 g/mol. The highest BCUT2D eigenvalue weighted by atomic mass is 16.4. The van der Waals surface area contributed by atoms with Crippen LogP contribution in [0.25, 0.3) is 0 Å². The van der Waals surface area contributed by atoms with Crippen LogP contribution in [0.5, 0.6) is 0 Å². The summed E-state index contributed by atoms with van der Waals surface area (Å²) in [6.07, 6.45) is 1.64. The van der Waals surface area contributed by atoms with Gasteiger partial charge in [-0.1, -0.05) is 0 Å². The van der Waals surface area contributed by atoms with E-state index in [2.05, 4.69) is 4.98 Å². The van der Waals surface area contributed by atoms with E-state index in [9.17, 15) is 14.7 Å². The number of aromatic nitrogens is 1. The molecule has 1 aromatic rings. The second-order valence-electron chi connectivity index (χ2n) is 4.78. The standard InChI is InChI=1S/C13H16N2O4/c1-8(16)10-3-5-15(7-10)12(17)9-2-4-14-11(6-9)13(18)19/h2,4,6,8,10,16H,3,5,7H2,1H3,(H,18,19). The first kappa shape index (κ1) is 13.5. The molecule has 0 spiro atoms. The van der Waals surface area contributed by atoms with Crippen molar-refractivity contribution < 1.29 is 19.8 Å². The van der Waals surface area contributed by atoms with Crippen molar-refractivity contribution in [2.24, 2.45) is 5.92 Å². The summed E-state index contributed by atoms with van der Waals surface area (Å²) in [5.41, 5.74) is 0.177. The molecule has 2 unspecified atom stereocenters. The molecule has 1 saturated heterocycles. The van der Waals surface area contributed by atoms with Gasteiger partial charge in [-0.25, -0.2) is 9.78 Å². The summed E-state index contributed by atoms with van der Waals surface area (Å²) < 4.78 is 0. The zero-order chi connectivity index (χ0) is 14.0. The molecule has 1 aliphatic heterocycles. The van der Waals surface area contributed by atoms with Crippen LogP contribution in [0.4, 0.5) is 0 Å². The minimum Gasteiger partial charge on any atom is -0.477 e. The Morgan fingerprint density at radius 1 is 1.53 bits per heavy atom. The van der Waals surface area contributed by atoms with Gasteiger partial charge in [0.05, 0.1) is 6.10 Å². The van der Waals surface area contributed by atoms with Gasteiger partial charge < -0.3 is 15.1 Å². The lowest BCUT2D eigenvalue weighted by molar-refractivity contribution is 0.0690. The normalized spacial score (nSPS) is 20.3. The van der Waals surface area contributed by atoms with E-state index in [-0.39, 0.29) is 17.5 Å². The summed E-state index contributed by atoms with van der Waals surface area (Å²) >= 11 is 0. The molecule has 102 valence electrons. The summed E-state index contributed by atoms with van der Waals surface area (Å²) in [6.45, 7) is 2.80. The van der Waals surface area contributed by atoms with Gasteiger partial charge >= 0.3 is 5.97 Å². The maximum absolute atomic E-state index is 12.2. The Bertz CT molecular complexity index is 501. The van der Waals surface area contributed by atoms with E-state index in [0.717, 1.165) is 6.42 Å². The summed E-state index contributed by atoms with van der Waals surface area (Å²) in [5.74, 6) is -1.28. The van der Waals surface area contributed by atoms with Crippen molar-refractivity contribution in [1.82, 2.24) is 9.88 Å². The molecule has 1 aromatic heterocycles. The van der Waals surface area contributed by atoms with Gasteiger partial charge in [0, 0.05) is 30.8 Å².